The van der Waals surface area contributed by atoms with Crippen LogP contribution in [0.2, 0.25) is 0 Å². The molecule has 2 aromatic rings. The van der Waals surface area contributed by atoms with Crippen molar-refractivity contribution in [3.8, 4) is 5.75 Å². The van der Waals surface area contributed by atoms with Gasteiger partial charge in [-0.05, 0) is 67.5 Å². The number of benzene rings is 2. The summed E-state index contributed by atoms with van der Waals surface area (Å²) >= 11 is 0. The molecular formula is C25H28N2O3. The number of ether oxygens (including phenoxy) is 1. The van der Waals surface area contributed by atoms with E-state index in [4.69, 9.17) is 4.74 Å². The Kier molecular flexibility index (Phi) is 4.47. The topological polar surface area (TPSA) is 58.6 Å². The minimum absolute atomic E-state index is 0.0623. The van der Waals surface area contributed by atoms with Crippen LogP contribution in [-0.4, -0.2) is 43.0 Å². The van der Waals surface area contributed by atoms with Crippen LogP contribution in [0.3, 0.4) is 0 Å². The third-order valence-electron chi connectivity index (χ3n) is 7.83. The maximum Gasteiger partial charge on any atom is 0.261 e. The molecule has 0 bridgehead atoms. The van der Waals surface area contributed by atoms with E-state index in [9.17, 15) is 9.59 Å². The summed E-state index contributed by atoms with van der Waals surface area (Å²) in [6.07, 6.45) is 3.59. The molecule has 30 heavy (non-hydrogen) atoms. The first-order valence-corrected chi connectivity index (χ1v) is 10.8. The highest BCUT2D eigenvalue weighted by atomic mass is 16.5. The van der Waals surface area contributed by atoms with Crippen LogP contribution in [0.15, 0.2) is 48.5 Å². The van der Waals surface area contributed by atoms with Crippen molar-refractivity contribution in [3.05, 3.63) is 65.2 Å². The standard InChI is InChI=1S/C25H28N2O3/c1-24-11-10-18(27-22(28)20-8-3-4-9-21(20)23(27)29)15-25(24,12-13-26-16-24)17-6-5-7-19(14-17)30-2/h3-9,14,18,26H,10-13,15-16H2,1-2H3/t18-,24-,25-/m1/s1. The monoisotopic (exact) mass is 404 g/mol. The molecule has 0 aromatic heterocycles. The second kappa shape index (κ2) is 6.95. The SMILES string of the molecule is COc1cccc([C@]23CCNC[C@@]2(C)CC[C@@H](N2C(=O)c4ccccc4C2=O)C3)c1. The van der Waals surface area contributed by atoms with Crippen LogP contribution in [0, 0.1) is 5.41 Å². The lowest BCUT2D eigenvalue weighted by atomic mass is 9.50. The fourth-order valence-electron chi connectivity index (χ4n) is 6.09. The molecule has 2 aliphatic heterocycles. The molecule has 1 N–H and O–H groups in total. The van der Waals surface area contributed by atoms with Gasteiger partial charge in [0.25, 0.3) is 11.8 Å². The lowest BCUT2D eigenvalue weighted by molar-refractivity contribution is -0.00129. The van der Waals surface area contributed by atoms with Crippen molar-refractivity contribution in [2.75, 3.05) is 20.2 Å². The highest BCUT2D eigenvalue weighted by molar-refractivity contribution is 6.21. The highest BCUT2D eigenvalue weighted by Crippen LogP contribution is 2.56. The Morgan fingerprint density at radius 2 is 1.77 bits per heavy atom. The third-order valence-corrected chi connectivity index (χ3v) is 7.83. The number of imide groups is 1. The van der Waals surface area contributed by atoms with Crippen molar-refractivity contribution in [2.45, 2.75) is 44.1 Å². The molecule has 3 atom stereocenters. The molecule has 1 aliphatic carbocycles. The first kappa shape index (κ1) is 19.3. The second-order valence-corrected chi connectivity index (χ2v) is 9.22. The van der Waals surface area contributed by atoms with E-state index in [0.717, 1.165) is 44.5 Å². The largest absolute Gasteiger partial charge is 0.497 e. The van der Waals surface area contributed by atoms with Gasteiger partial charge >= 0.3 is 0 Å². The zero-order valence-electron chi connectivity index (χ0n) is 17.6. The summed E-state index contributed by atoms with van der Waals surface area (Å²) in [4.78, 5) is 27.9. The molecule has 2 heterocycles. The van der Waals surface area contributed by atoms with Gasteiger partial charge in [-0.1, -0.05) is 31.2 Å². The van der Waals surface area contributed by atoms with Crippen molar-refractivity contribution in [1.82, 2.24) is 10.2 Å². The number of nitrogens with one attached hydrogen (secondary N) is 1. The summed E-state index contributed by atoms with van der Waals surface area (Å²) < 4.78 is 5.52. The van der Waals surface area contributed by atoms with Crippen LogP contribution in [0.1, 0.15) is 58.9 Å². The van der Waals surface area contributed by atoms with E-state index in [2.05, 4.69) is 30.4 Å². The number of amides is 2. The molecule has 1 saturated carbocycles. The zero-order chi connectivity index (χ0) is 20.9. The first-order valence-electron chi connectivity index (χ1n) is 10.8. The summed E-state index contributed by atoms with van der Waals surface area (Å²) in [5, 5.41) is 3.58. The van der Waals surface area contributed by atoms with Gasteiger partial charge in [0.05, 0.1) is 18.2 Å². The Balaban J connectivity index is 1.55. The summed E-state index contributed by atoms with van der Waals surface area (Å²) in [6, 6.07) is 15.5. The smallest absolute Gasteiger partial charge is 0.261 e. The van der Waals surface area contributed by atoms with Crippen molar-refractivity contribution in [1.29, 1.82) is 0 Å². The van der Waals surface area contributed by atoms with Gasteiger partial charge < -0.3 is 10.1 Å². The molecule has 5 nitrogen and oxygen atoms in total. The molecule has 2 fully saturated rings. The molecule has 5 heteroatoms. The van der Waals surface area contributed by atoms with Gasteiger partial charge in [-0.25, -0.2) is 0 Å². The number of carbonyl (C=O) groups is 2. The molecule has 2 amide bonds. The molecule has 2 aromatic carbocycles. The van der Waals surface area contributed by atoms with E-state index in [1.165, 1.54) is 5.56 Å². The summed E-state index contributed by atoms with van der Waals surface area (Å²) in [5.41, 5.74) is 2.29. The van der Waals surface area contributed by atoms with Crippen molar-refractivity contribution in [3.63, 3.8) is 0 Å². The first-order chi connectivity index (χ1) is 14.5. The minimum Gasteiger partial charge on any atom is -0.497 e. The Bertz CT molecular complexity index is 984. The number of fused-ring (bicyclic) bond motifs is 2. The second-order valence-electron chi connectivity index (χ2n) is 9.22. The van der Waals surface area contributed by atoms with Crippen molar-refractivity contribution >= 4 is 11.8 Å². The summed E-state index contributed by atoms with van der Waals surface area (Å²) in [5.74, 6) is 0.573. The average Bonchev–Trinajstić information content (AvgIpc) is 3.03. The predicted octanol–water partition coefficient (Wildman–Crippen LogP) is 3.78. The molecular weight excluding hydrogens is 376 g/mol. The fourth-order valence-corrected chi connectivity index (χ4v) is 6.09. The number of piperidine rings is 1. The van der Waals surface area contributed by atoms with Crippen LogP contribution in [0.4, 0.5) is 0 Å². The maximum atomic E-state index is 13.2. The maximum absolute atomic E-state index is 13.2. The van der Waals surface area contributed by atoms with E-state index in [0.29, 0.717) is 11.1 Å². The molecule has 156 valence electrons. The predicted molar refractivity (Wildman–Crippen MR) is 115 cm³/mol. The van der Waals surface area contributed by atoms with Crippen LogP contribution >= 0.6 is 0 Å². The molecule has 1 saturated heterocycles. The molecule has 3 aliphatic rings. The molecule has 0 spiro atoms. The van der Waals surface area contributed by atoms with E-state index in [-0.39, 0.29) is 28.7 Å². The normalized spacial score (nSPS) is 30.7. The van der Waals surface area contributed by atoms with E-state index < -0.39 is 0 Å². The van der Waals surface area contributed by atoms with Gasteiger partial charge in [0.2, 0.25) is 0 Å². The Morgan fingerprint density at radius 1 is 1.03 bits per heavy atom. The summed E-state index contributed by atoms with van der Waals surface area (Å²) in [7, 11) is 1.70. The molecule has 0 unspecified atom stereocenters. The van der Waals surface area contributed by atoms with Crippen molar-refractivity contribution < 1.29 is 14.3 Å². The lowest BCUT2D eigenvalue weighted by Gasteiger charge is -2.58. The lowest BCUT2D eigenvalue weighted by Crippen LogP contribution is -2.61. The van der Waals surface area contributed by atoms with Gasteiger partial charge in [-0.2, -0.15) is 0 Å². The van der Waals surface area contributed by atoms with E-state index in [1.807, 2.05) is 18.2 Å². The van der Waals surface area contributed by atoms with Gasteiger partial charge in [-0.15, -0.1) is 0 Å². The highest BCUT2D eigenvalue weighted by Gasteiger charge is 2.56. The fraction of sp³-hybridized carbons (Fsp3) is 0.440. The van der Waals surface area contributed by atoms with Crippen LogP contribution in [0.5, 0.6) is 5.75 Å². The van der Waals surface area contributed by atoms with Crippen LogP contribution in [-0.2, 0) is 5.41 Å². The van der Waals surface area contributed by atoms with Crippen LogP contribution < -0.4 is 10.1 Å². The van der Waals surface area contributed by atoms with Gasteiger partial charge in [0.1, 0.15) is 5.75 Å². The van der Waals surface area contributed by atoms with Crippen LogP contribution in [0.25, 0.3) is 0 Å². The Hall–Kier alpha value is -2.66. The quantitative estimate of drug-likeness (QED) is 0.791. The molecule has 0 radical (unpaired) electrons. The van der Waals surface area contributed by atoms with E-state index in [1.54, 1.807) is 24.1 Å². The average molecular weight is 405 g/mol. The summed E-state index contributed by atoms with van der Waals surface area (Å²) in [6.45, 7) is 4.23. The minimum atomic E-state index is -0.140. The number of nitrogens with zero attached hydrogens (tertiary/aromatic N) is 1. The van der Waals surface area contributed by atoms with Crippen molar-refractivity contribution in [2.24, 2.45) is 5.41 Å². The number of rotatable bonds is 3. The number of methoxy groups -OCH3 is 1. The van der Waals surface area contributed by atoms with Gasteiger partial charge in [0, 0.05) is 18.0 Å². The Labute approximate surface area is 177 Å². The number of hydrogen-bond donors (Lipinski definition) is 1. The van der Waals surface area contributed by atoms with E-state index >= 15 is 0 Å². The zero-order valence-corrected chi connectivity index (χ0v) is 17.6. The Morgan fingerprint density at radius 3 is 2.47 bits per heavy atom. The molecule has 5 rings (SSSR count). The van der Waals surface area contributed by atoms with Gasteiger partial charge in [-0.3, -0.25) is 14.5 Å². The third kappa shape index (κ3) is 2.64. The number of hydrogen-bond acceptors (Lipinski definition) is 4. The number of carbonyl (C=O) groups excluding carboxylic acids is 2. The van der Waals surface area contributed by atoms with Gasteiger partial charge in [0.15, 0.2) is 0 Å².